The molecule has 0 saturated carbocycles. The summed E-state index contributed by atoms with van der Waals surface area (Å²) in [6.07, 6.45) is 0. The van der Waals surface area contributed by atoms with Crippen LogP contribution in [-0.2, 0) is 27.2 Å². The lowest BCUT2D eigenvalue weighted by Crippen LogP contribution is -3.13. The van der Waals surface area contributed by atoms with Gasteiger partial charge in [-0.2, -0.15) is 0 Å². The van der Waals surface area contributed by atoms with E-state index in [4.69, 9.17) is 11.6 Å². The van der Waals surface area contributed by atoms with E-state index in [-0.39, 0.29) is 11.2 Å². The summed E-state index contributed by atoms with van der Waals surface area (Å²) in [5, 5.41) is 0.751. The van der Waals surface area contributed by atoms with E-state index in [9.17, 15) is 9.59 Å². The first-order valence-electron chi connectivity index (χ1n) is 9.90. The third kappa shape index (κ3) is 3.47. The smallest absolute Gasteiger partial charge is 0.332 e. The number of hydrogen-bond donors (Lipinski definition) is 1. The molecule has 3 aromatic rings. The number of anilines is 1. The fourth-order valence-electron chi connectivity index (χ4n) is 4.12. The van der Waals surface area contributed by atoms with Gasteiger partial charge >= 0.3 is 5.69 Å². The number of fused-ring (bicyclic) bond motifs is 1. The van der Waals surface area contributed by atoms with Crippen LogP contribution in [-0.4, -0.2) is 44.9 Å². The van der Waals surface area contributed by atoms with Crippen molar-refractivity contribution in [3.63, 3.8) is 0 Å². The monoisotopic (exact) mass is 417 g/mol. The molecule has 0 aliphatic carbocycles. The minimum atomic E-state index is -0.350. The molecule has 1 aromatic carbocycles. The summed E-state index contributed by atoms with van der Waals surface area (Å²) in [7, 11) is 3.18. The molecule has 1 aliphatic rings. The van der Waals surface area contributed by atoms with Gasteiger partial charge in [0, 0.05) is 31.4 Å². The van der Waals surface area contributed by atoms with Crippen LogP contribution in [0.5, 0.6) is 0 Å². The van der Waals surface area contributed by atoms with Crippen LogP contribution in [0.15, 0.2) is 33.9 Å². The molecule has 0 radical (unpaired) electrons. The second kappa shape index (κ2) is 7.68. The van der Waals surface area contributed by atoms with Crippen LogP contribution in [0.2, 0.25) is 5.02 Å². The molecular formula is C20H26ClN6O2+. The molecule has 29 heavy (non-hydrogen) atoms. The van der Waals surface area contributed by atoms with Crippen LogP contribution in [0.25, 0.3) is 11.2 Å². The van der Waals surface area contributed by atoms with Gasteiger partial charge in [0.1, 0.15) is 6.54 Å². The molecule has 1 N–H and O–H groups in total. The minimum Gasteiger partial charge on any atom is -0.360 e. The lowest BCUT2D eigenvalue weighted by atomic mass is 10.2. The van der Waals surface area contributed by atoms with Crippen molar-refractivity contribution in [3.05, 3.63) is 56.0 Å². The lowest BCUT2D eigenvalue weighted by Gasteiger charge is -2.33. The van der Waals surface area contributed by atoms with Gasteiger partial charge in [0.15, 0.2) is 17.0 Å². The number of rotatable bonds is 4. The van der Waals surface area contributed by atoms with E-state index in [1.54, 1.807) is 7.05 Å². The maximum absolute atomic E-state index is 12.7. The summed E-state index contributed by atoms with van der Waals surface area (Å²) in [4.78, 5) is 33.4. The summed E-state index contributed by atoms with van der Waals surface area (Å²) in [5.41, 5.74) is 1.48. The number of hydrogen-bond acceptors (Lipinski definition) is 4. The molecule has 9 heteroatoms. The number of aromatic nitrogens is 4. The maximum Gasteiger partial charge on any atom is 0.332 e. The quantitative estimate of drug-likeness (QED) is 0.649. The molecule has 0 atom stereocenters. The van der Waals surface area contributed by atoms with E-state index >= 15 is 0 Å². The first-order valence-corrected chi connectivity index (χ1v) is 10.3. The van der Waals surface area contributed by atoms with Crippen molar-refractivity contribution in [3.8, 4) is 0 Å². The van der Waals surface area contributed by atoms with Crippen molar-refractivity contribution in [2.24, 2.45) is 14.1 Å². The number of quaternary nitrogens is 1. The fraction of sp³-hybridized carbons (Fsp3) is 0.450. The Kier molecular flexibility index (Phi) is 5.23. The summed E-state index contributed by atoms with van der Waals surface area (Å²) in [6, 6.07) is 7.95. The van der Waals surface area contributed by atoms with Crippen LogP contribution in [0.1, 0.15) is 12.7 Å². The number of halogens is 1. The Balaban J connectivity index is 1.58. The van der Waals surface area contributed by atoms with E-state index in [0.29, 0.717) is 17.7 Å². The lowest BCUT2D eigenvalue weighted by molar-refractivity contribution is -0.915. The Hall–Kier alpha value is -2.58. The van der Waals surface area contributed by atoms with Crippen LogP contribution in [0.4, 0.5) is 5.69 Å². The molecule has 4 rings (SSSR count). The first-order chi connectivity index (χ1) is 13.9. The maximum atomic E-state index is 12.7. The van der Waals surface area contributed by atoms with E-state index < -0.39 is 0 Å². The van der Waals surface area contributed by atoms with Crippen molar-refractivity contribution < 1.29 is 4.90 Å². The number of nitrogens with one attached hydrogen (secondary N) is 1. The van der Waals surface area contributed by atoms with E-state index in [0.717, 1.165) is 53.8 Å². The Morgan fingerprint density at radius 3 is 2.52 bits per heavy atom. The zero-order chi connectivity index (χ0) is 20.7. The predicted octanol–water partition coefficient (Wildman–Crippen LogP) is 0.0121. The zero-order valence-corrected chi connectivity index (χ0v) is 17.7. The van der Waals surface area contributed by atoms with Gasteiger partial charge in [0.05, 0.1) is 26.2 Å². The Bertz CT molecular complexity index is 1170. The Morgan fingerprint density at radius 1 is 1.14 bits per heavy atom. The summed E-state index contributed by atoms with van der Waals surface area (Å²) in [6.45, 7) is 7.17. The molecule has 1 fully saturated rings. The van der Waals surface area contributed by atoms with Crippen LogP contribution >= 0.6 is 11.6 Å². The fourth-order valence-corrected chi connectivity index (χ4v) is 4.31. The highest BCUT2D eigenvalue weighted by atomic mass is 35.5. The Labute approximate surface area is 173 Å². The standard InChI is InChI=1S/C20H25ClN6O2/c1-4-27-16(22-18-17(27)19(28)24(3)20(29)23(18)2)13-25-8-10-26(11-9-25)15-7-5-6-14(21)12-15/h5-7,12H,4,8-11,13H2,1-3H3/p+1. The zero-order valence-electron chi connectivity index (χ0n) is 17.0. The van der Waals surface area contributed by atoms with Crippen molar-refractivity contribution in [1.29, 1.82) is 0 Å². The van der Waals surface area contributed by atoms with Crippen LogP contribution in [0, 0.1) is 0 Å². The van der Waals surface area contributed by atoms with Gasteiger partial charge < -0.3 is 14.4 Å². The Morgan fingerprint density at radius 2 is 1.86 bits per heavy atom. The van der Waals surface area contributed by atoms with Gasteiger partial charge in [-0.3, -0.25) is 13.9 Å². The third-order valence-corrected chi connectivity index (χ3v) is 6.03. The molecule has 0 bridgehead atoms. The molecular weight excluding hydrogens is 392 g/mol. The number of aryl methyl sites for hydroxylation is 2. The highest BCUT2D eigenvalue weighted by molar-refractivity contribution is 6.30. The van der Waals surface area contributed by atoms with Crippen LogP contribution < -0.4 is 21.0 Å². The molecule has 0 unspecified atom stereocenters. The largest absolute Gasteiger partial charge is 0.360 e. The van der Waals surface area contributed by atoms with Crippen molar-refractivity contribution in [2.75, 3.05) is 31.1 Å². The molecule has 154 valence electrons. The average Bonchev–Trinajstić information content (AvgIpc) is 3.09. The van der Waals surface area contributed by atoms with Crippen molar-refractivity contribution in [2.45, 2.75) is 20.0 Å². The number of piperazine rings is 1. The van der Waals surface area contributed by atoms with Gasteiger partial charge in [-0.05, 0) is 25.1 Å². The highest BCUT2D eigenvalue weighted by Crippen LogP contribution is 2.19. The van der Waals surface area contributed by atoms with Gasteiger partial charge in [-0.25, -0.2) is 9.78 Å². The van der Waals surface area contributed by atoms with Gasteiger partial charge in [0.25, 0.3) is 5.56 Å². The topological polar surface area (TPSA) is 69.5 Å². The molecule has 3 heterocycles. The van der Waals surface area contributed by atoms with E-state index in [1.807, 2.05) is 29.7 Å². The SMILES string of the molecule is CCn1c(C[NH+]2CCN(c3cccc(Cl)c3)CC2)nc2c1c(=O)n(C)c(=O)n2C. The minimum absolute atomic E-state index is 0.288. The van der Waals surface area contributed by atoms with Crippen molar-refractivity contribution in [1.82, 2.24) is 18.7 Å². The summed E-state index contributed by atoms with van der Waals surface area (Å²) >= 11 is 6.13. The van der Waals surface area contributed by atoms with Gasteiger partial charge in [-0.15, -0.1) is 0 Å². The molecule has 8 nitrogen and oxygen atoms in total. The molecule has 1 aliphatic heterocycles. The molecule has 0 amide bonds. The second-order valence-corrected chi connectivity index (χ2v) is 7.98. The number of imidazole rings is 1. The average molecular weight is 418 g/mol. The van der Waals surface area contributed by atoms with E-state index in [2.05, 4.69) is 16.0 Å². The van der Waals surface area contributed by atoms with Crippen LogP contribution in [0.3, 0.4) is 0 Å². The number of benzene rings is 1. The summed E-state index contributed by atoms with van der Waals surface area (Å²) in [5.74, 6) is 0.854. The van der Waals surface area contributed by atoms with Crippen molar-refractivity contribution >= 4 is 28.5 Å². The first kappa shape index (κ1) is 19.7. The van der Waals surface area contributed by atoms with Gasteiger partial charge in [-0.1, -0.05) is 17.7 Å². The molecule has 0 spiro atoms. The second-order valence-electron chi connectivity index (χ2n) is 7.54. The predicted molar refractivity (Wildman–Crippen MR) is 114 cm³/mol. The third-order valence-electron chi connectivity index (χ3n) is 5.80. The summed E-state index contributed by atoms with van der Waals surface area (Å²) < 4.78 is 4.56. The molecule has 1 saturated heterocycles. The number of nitrogens with zero attached hydrogens (tertiary/aromatic N) is 5. The normalized spacial score (nSPS) is 15.4. The van der Waals surface area contributed by atoms with Gasteiger partial charge in [0.2, 0.25) is 0 Å². The molecule has 2 aromatic heterocycles. The van der Waals surface area contributed by atoms with E-state index in [1.165, 1.54) is 16.5 Å². The highest BCUT2D eigenvalue weighted by Gasteiger charge is 2.25.